The monoisotopic (exact) mass is 611 g/mol. The molecule has 5 rings (SSSR count). The van der Waals surface area contributed by atoms with Gasteiger partial charge in [0.05, 0.1) is 18.2 Å². The molecule has 44 heavy (non-hydrogen) atoms. The molecular weight excluding hydrogens is 570 g/mol. The summed E-state index contributed by atoms with van der Waals surface area (Å²) < 4.78 is 0. The molecule has 3 N–H and O–H groups in total. The molecular formula is C35H41N5O3S. The van der Waals surface area contributed by atoms with Gasteiger partial charge in [-0.25, -0.2) is 4.98 Å². The summed E-state index contributed by atoms with van der Waals surface area (Å²) in [4.78, 5) is 35.7. The van der Waals surface area contributed by atoms with Crippen molar-refractivity contribution in [3.63, 3.8) is 0 Å². The predicted molar refractivity (Wildman–Crippen MR) is 176 cm³/mol. The van der Waals surface area contributed by atoms with Gasteiger partial charge in [-0.05, 0) is 67.6 Å². The van der Waals surface area contributed by atoms with Crippen LogP contribution in [0.5, 0.6) is 0 Å². The van der Waals surface area contributed by atoms with Crippen molar-refractivity contribution >= 4 is 28.8 Å². The minimum Gasteiger partial charge on any atom is -0.390 e. The van der Waals surface area contributed by atoms with Gasteiger partial charge in [0.15, 0.2) is 0 Å². The van der Waals surface area contributed by atoms with E-state index in [0.717, 1.165) is 40.4 Å². The molecule has 4 aromatic rings. The summed E-state index contributed by atoms with van der Waals surface area (Å²) in [6.07, 6.45) is 1.43. The lowest BCUT2D eigenvalue weighted by Gasteiger charge is -2.25. The number of rotatable bonds is 12. The van der Waals surface area contributed by atoms with E-state index in [-0.39, 0.29) is 17.9 Å². The topological polar surface area (TPSA) is 97.8 Å². The van der Waals surface area contributed by atoms with Gasteiger partial charge in [0.25, 0.3) is 11.8 Å². The Kier molecular flexibility index (Phi) is 10.4. The Morgan fingerprint density at radius 2 is 1.77 bits per heavy atom. The highest BCUT2D eigenvalue weighted by Crippen LogP contribution is 2.34. The number of hydrogen-bond donors (Lipinski definition) is 3. The Morgan fingerprint density at radius 1 is 1.02 bits per heavy atom. The molecule has 0 bridgehead atoms. The van der Waals surface area contributed by atoms with Crippen LogP contribution < -0.4 is 15.5 Å². The molecule has 9 heteroatoms. The van der Waals surface area contributed by atoms with E-state index in [2.05, 4.69) is 32.7 Å². The van der Waals surface area contributed by atoms with Crippen molar-refractivity contribution < 1.29 is 14.7 Å². The molecule has 1 aromatic heterocycles. The Hall–Kier alpha value is -4.05. The molecule has 8 nitrogen and oxygen atoms in total. The Bertz CT molecular complexity index is 1560. The maximum atomic E-state index is 13.6. The van der Waals surface area contributed by atoms with E-state index < -0.39 is 12.1 Å². The number of anilines is 1. The molecule has 1 aliphatic heterocycles. The Balaban J connectivity index is 1.26. The van der Waals surface area contributed by atoms with Crippen LogP contribution in [-0.4, -0.2) is 66.1 Å². The molecule has 1 fully saturated rings. The summed E-state index contributed by atoms with van der Waals surface area (Å²) in [7, 11) is 4.01. The highest BCUT2D eigenvalue weighted by molar-refractivity contribution is 7.09. The van der Waals surface area contributed by atoms with Crippen molar-refractivity contribution in [2.45, 2.75) is 50.9 Å². The number of aliphatic hydroxyl groups excluding tert-OH is 1. The minimum absolute atomic E-state index is 0.0399. The van der Waals surface area contributed by atoms with Crippen LogP contribution in [0, 0.1) is 6.92 Å². The van der Waals surface area contributed by atoms with E-state index in [1.807, 2.05) is 73.8 Å². The van der Waals surface area contributed by atoms with E-state index in [0.29, 0.717) is 37.2 Å². The van der Waals surface area contributed by atoms with Crippen molar-refractivity contribution in [2.24, 2.45) is 0 Å². The van der Waals surface area contributed by atoms with Gasteiger partial charge in [-0.15, -0.1) is 11.3 Å². The number of amides is 2. The van der Waals surface area contributed by atoms with Crippen LogP contribution >= 0.6 is 11.3 Å². The zero-order valence-electron chi connectivity index (χ0n) is 25.6. The van der Waals surface area contributed by atoms with Gasteiger partial charge in [-0.3, -0.25) is 9.59 Å². The Labute approximate surface area is 263 Å². The summed E-state index contributed by atoms with van der Waals surface area (Å²) in [6.45, 7) is 3.52. The molecule has 0 saturated carbocycles. The molecule has 0 radical (unpaired) electrons. The molecule has 0 aliphatic carbocycles. The van der Waals surface area contributed by atoms with Crippen LogP contribution in [-0.2, 0) is 13.0 Å². The summed E-state index contributed by atoms with van der Waals surface area (Å²) in [6, 6.07) is 24.3. The van der Waals surface area contributed by atoms with Crippen molar-refractivity contribution in [1.82, 2.24) is 20.5 Å². The number of nitrogens with one attached hydrogen (secondary N) is 2. The summed E-state index contributed by atoms with van der Waals surface area (Å²) in [5.41, 5.74) is 5.05. The van der Waals surface area contributed by atoms with Gasteiger partial charge < -0.3 is 25.5 Å². The zero-order valence-corrected chi connectivity index (χ0v) is 26.4. The van der Waals surface area contributed by atoms with Crippen LogP contribution in [0.2, 0.25) is 0 Å². The highest BCUT2D eigenvalue weighted by Gasteiger charge is 2.33. The van der Waals surface area contributed by atoms with Crippen molar-refractivity contribution in [3.05, 3.63) is 117 Å². The lowest BCUT2D eigenvalue weighted by atomic mass is 10.00. The predicted octanol–water partition coefficient (Wildman–Crippen LogP) is 4.99. The lowest BCUT2D eigenvalue weighted by Crippen LogP contribution is -2.48. The van der Waals surface area contributed by atoms with E-state index in [4.69, 9.17) is 0 Å². The quantitative estimate of drug-likeness (QED) is 0.209. The number of nitrogens with zero attached hydrogens (tertiary/aromatic N) is 3. The standard InChI is InChI=1S/C35H41N5O3S/c1-24-23-44-34(37-24)31-16-9-17-40(31)35(43)28-14-8-13-27(20-28)33(42)38-30(19-25-10-5-4-6-11-25)32(41)22-36-21-26-12-7-15-29(18-26)39(2)3/h4-8,10-15,18,20,23,30-32,36,41H,9,16-17,19,21-22H2,1-3H3,(H,38,42)/t30-,31?,32+/m0/s1. The Morgan fingerprint density at radius 3 is 2.52 bits per heavy atom. The molecule has 1 aliphatic rings. The summed E-state index contributed by atoms with van der Waals surface area (Å²) in [5, 5.41) is 20.6. The highest BCUT2D eigenvalue weighted by atomic mass is 32.1. The number of hydrogen-bond acceptors (Lipinski definition) is 7. The number of benzene rings is 3. The molecule has 0 spiro atoms. The average Bonchev–Trinajstić information content (AvgIpc) is 3.70. The van der Waals surface area contributed by atoms with Gasteiger partial charge in [-0.1, -0.05) is 48.5 Å². The first-order chi connectivity index (χ1) is 21.3. The van der Waals surface area contributed by atoms with Crippen LogP contribution in [0.1, 0.15) is 61.4 Å². The zero-order chi connectivity index (χ0) is 31.1. The second-order valence-corrected chi connectivity index (χ2v) is 12.5. The van der Waals surface area contributed by atoms with Gasteiger partial charge in [0.2, 0.25) is 0 Å². The number of carbonyl (C=O) groups is 2. The number of aliphatic hydroxyl groups is 1. The number of carbonyl (C=O) groups excluding carboxylic acids is 2. The van der Waals surface area contributed by atoms with Gasteiger partial charge >= 0.3 is 0 Å². The first kappa shape index (κ1) is 31.4. The van der Waals surface area contributed by atoms with Gasteiger partial charge in [-0.2, -0.15) is 0 Å². The molecule has 3 atom stereocenters. The maximum absolute atomic E-state index is 13.6. The fourth-order valence-electron chi connectivity index (χ4n) is 5.61. The fraction of sp³-hybridized carbons (Fsp3) is 0.343. The summed E-state index contributed by atoms with van der Waals surface area (Å²) in [5.74, 6) is -0.426. The molecule has 2 amide bonds. The number of aryl methyl sites for hydroxylation is 1. The third-order valence-electron chi connectivity index (χ3n) is 8.00. The molecule has 2 heterocycles. The average molecular weight is 612 g/mol. The first-order valence-corrected chi connectivity index (χ1v) is 16.0. The third-order valence-corrected chi connectivity index (χ3v) is 9.06. The van der Waals surface area contributed by atoms with Crippen LogP contribution in [0.25, 0.3) is 0 Å². The molecule has 1 saturated heterocycles. The second-order valence-electron chi connectivity index (χ2n) is 11.6. The molecule has 230 valence electrons. The van der Waals surface area contributed by atoms with Crippen molar-refractivity contribution in [3.8, 4) is 0 Å². The van der Waals surface area contributed by atoms with Crippen molar-refractivity contribution in [1.29, 1.82) is 0 Å². The lowest BCUT2D eigenvalue weighted by molar-refractivity contribution is 0.0735. The van der Waals surface area contributed by atoms with E-state index in [9.17, 15) is 14.7 Å². The number of thiazole rings is 1. The largest absolute Gasteiger partial charge is 0.390 e. The molecule has 3 aromatic carbocycles. The third kappa shape index (κ3) is 7.91. The minimum atomic E-state index is -0.840. The normalized spacial score (nSPS) is 16.0. The second kappa shape index (κ2) is 14.6. The van der Waals surface area contributed by atoms with Crippen LogP contribution in [0.15, 0.2) is 84.2 Å². The van der Waals surface area contributed by atoms with Crippen molar-refractivity contribution in [2.75, 3.05) is 32.1 Å². The first-order valence-electron chi connectivity index (χ1n) is 15.1. The van der Waals surface area contributed by atoms with E-state index >= 15 is 0 Å². The number of aromatic nitrogens is 1. The van der Waals surface area contributed by atoms with Gasteiger partial charge in [0, 0.05) is 61.6 Å². The van der Waals surface area contributed by atoms with E-state index in [1.165, 1.54) is 0 Å². The fourth-order valence-corrected chi connectivity index (χ4v) is 6.55. The smallest absolute Gasteiger partial charge is 0.254 e. The maximum Gasteiger partial charge on any atom is 0.254 e. The van der Waals surface area contributed by atoms with Crippen LogP contribution in [0.4, 0.5) is 5.69 Å². The van der Waals surface area contributed by atoms with Gasteiger partial charge in [0.1, 0.15) is 5.01 Å². The molecule has 1 unspecified atom stereocenters. The summed E-state index contributed by atoms with van der Waals surface area (Å²) >= 11 is 1.59. The SMILES string of the molecule is Cc1csc(C2CCCN2C(=O)c2cccc(C(=O)N[C@@H](Cc3ccccc3)[C@H](O)CNCc3cccc(N(C)C)c3)c2)n1. The van der Waals surface area contributed by atoms with E-state index in [1.54, 1.807) is 35.6 Å². The van der Waals surface area contributed by atoms with Crippen LogP contribution in [0.3, 0.4) is 0 Å². The number of likely N-dealkylation sites (tertiary alicyclic amines) is 1.